The van der Waals surface area contributed by atoms with Crippen LogP contribution in [0.4, 0.5) is 0 Å². The second-order valence-electron chi connectivity index (χ2n) is 19.0. The number of allylic oxidation sites excluding steroid dienone is 3. The first-order valence-corrected chi connectivity index (χ1v) is 20.4. The van der Waals surface area contributed by atoms with Gasteiger partial charge in [-0.1, -0.05) is 71.9 Å². The molecule has 4 saturated carbocycles. The minimum absolute atomic E-state index is 0.0310. The van der Waals surface area contributed by atoms with Gasteiger partial charge in [-0.25, -0.2) is 4.79 Å². The molecule has 286 valence electrons. The lowest BCUT2D eigenvalue weighted by atomic mass is 9.32. The van der Waals surface area contributed by atoms with Crippen molar-refractivity contribution in [2.45, 2.75) is 119 Å². The molecule has 4 fully saturated rings. The molecule has 7 nitrogen and oxygen atoms in total. The van der Waals surface area contributed by atoms with Gasteiger partial charge < -0.3 is 20.4 Å². The zero-order chi connectivity index (χ0) is 37.9. The zero-order valence-electron chi connectivity index (χ0n) is 33.2. The Morgan fingerprint density at radius 2 is 1.60 bits per heavy atom. The normalized spacial score (nSPS) is 37.5. The molecule has 3 N–H and O–H groups in total. The van der Waals surface area contributed by atoms with Crippen LogP contribution in [0.5, 0.6) is 0 Å². The van der Waals surface area contributed by atoms with E-state index in [9.17, 15) is 19.5 Å². The number of aromatic carboxylic acids is 1. The minimum atomic E-state index is -0.885. The van der Waals surface area contributed by atoms with Crippen LogP contribution in [0.15, 0.2) is 42.5 Å². The third-order valence-corrected chi connectivity index (χ3v) is 16.6. The summed E-state index contributed by atoms with van der Waals surface area (Å²) in [6.45, 7) is 24.5. The largest absolute Gasteiger partial charge is 0.481 e. The van der Waals surface area contributed by atoms with Crippen LogP contribution in [0.1, 0.15) is 135 Å². The Balaban J connectivity index is 1.24. The number of likely N-dealkylation sites (N-methyl/N-ethyl adjacent to an activating group) is 1. The van der Waals surface area contributed by atoms with Crippen LogP contribution in [0.3, 0.4) is 0 Å². The van der Waals surface area contributed by atoms with Crippen LogP contribution >= 0.6 is 0 Å². The molecule has 0 spiro atoms. The minimum Gasteiger partial charge on any atom is -0.481 e. The van der Waals surface area contributed by atoms with Crippen LogP contribution in [-0.2, 0) is 9.59 Å². The Bertz CT molecular complexity index is 1600. The molecular weight excluding hydrogens is 649 g/mol. The molecule has 7 heteroatoms. The molecule has 0 heterocycles. The molecule has 1 aromatic carbocycles. The summed E-state index contributed by atoms with van der Waals surface area (Å²) in [4.78, 5) is 39.4. The maximum Gasteiger partial charge on any atom is 0.335 e. The number of carbonyl (C=O) groups is 3. The molecule has 5 aliphatic rings. The number of carbonyl (C=O) groups excluding carboxylic acids is 1. The van der Waals surface area contributed by atoms with E-state index in [1.807, 2.05) is 12.1 Å². The van der Waals surface area contributed by atoms with Crippen molar-refractivity contribution in [3.05, 3.63) is 53.6 Å². The Morgan fingerprint density at radius 1 is 0.885 bits per heavy atom. The maximum absolute atomic E-state index is 14.5. The number of carboxylic acids is 2. The zero-order valence-corrected chi connectivity index (χ0v) is 33.2. The van der Waals surface area contributed by atoms with Crippen LogP contribution in [0, 0.1) is 56.7 Å². The van der Waals surface area contributed by atoms with Crippen LogP contribution in [0.2, 0.25) is 0 Å². The van der Waals surface area contributed by atoms with E-state index in [-0.39, 0.29) is 39.4 Å². The van der Waals surface area contributed by atoms with Crippen molar-refractivity contribution < 1.29 is 24.6 Å². The Morgan fingerprint density at radius 3 is 2.23 bits per heavy atom. The second kappa shape index (κ2) is 14.0. The lowest BCUT2D eigenvalue weighted by Gasteiger charge is -2.72. The number of rotatable bonds is 12. The molecule has 5 aliphatic carbocycles. The molecule has 0 aromatic heterocycles. The van der Waals surface area contributed by atoms with E-state index < -0.39 is 11.9 Å². The number of aliphatic carboxylic acids is 1. The van der Waals surface area contributed by atoms with Crippen LogP contribution in [0.25, 0.3) is 5.57 Å². The van der Waals surface area contributed by atoms with Crippen molar-refractivity contribution in [1.29, 1.82) is 0 Å². The predicted octanol–water partition coefficient (Wildman–Crippen LogP) is 9.34. The average molecular weight is 715 g/mol. The van der Waals surface area contributed by atoms with Crippen molar-refractivity contribution in [3.63, 3.8) is 0 Å². The van der Waals surface area contributed by atoms with E-state index >= 15 is 0 Å². The van der Waals surface area contributed by atoms with Gasteiger partial charge in [0.2, 0.25) is 5.91 Å². The first-order valence-electron chi connectivity index (χ1n) is 20.4. The molecule has 0 bridgehead atoms. The summed E-state index contributed by atoms with van der Waals surface area (Å²) < 4.78 is 0. The topological polar surface area (TPSA) is 107 Å². The summed E-state index contributed by atoms with van der Waals surface area (Å²) >= 11 is 0. The fraction of sp³-hybridized carbons (Fsp3) is 0.711. The van der Waals surface area contributed by atoms with Gasteiger partial charge >= 0.3 is 11.9 Å². The summed E-state index contributed by atoms with van der Waals surface area (Å²) in [5.41, 5.74) is 4.19. The number of nitrogens with one attached hydrogen (secondary N) is 1. The lowest BCUT2D eigenvalue weighted by molar-refractivity contribution is -0.225. The van der Waals surface area contributed by atoms with E-state index in [0.29, 0.717) is 48.1 Å². The average Bonchev–Trinajstić information content (AvgIpc) is 3.49. The third kappa shape index (κ3) is 6.09. The van der Waals surface area contributed by atoms with Gasteiger partial charge in [0.05, 0.1) is 11.0 Å². The number of hydrogen-bond donors (Lipinski definition) is 3. The van der Waals surface area contributed by atoms with Crippen LogP contribution in [-0.4, -0.2) is 59.1 Å². The smallest absolute Gasteiger partial charge is 0.335 e. The van der Waals surface area contributed by atoms with Gasteiger partial charge in [0.25, 0.3) is 0 Å². The third-order valence-electron chi connectivity index (χ3n) is 16.6. The number of carboxylic acid groups (broad SMARTS) is 2. The number of nitrogens with zero attached hydrogens (tertiary/aromatic N) is 1. The summed E-state index contributed by atoms with van der Waals surface area (Å²) in [7, 11) is 0. The molecule has 9 atom stereocenters. The van der Waals surface area contributed by atoms with Gasteiger partial charge in [0, 0.05) is 19.5 Å². The van der Waals surface area contributed by atoms with Gasteiger partial charge in [0.1, 0.15) is 0 Å². The van der Waals surface area contributed by atoms with Crippen molar-refractivity contribution >= 4 is 23.4 Å². The predicted molar refractivity (Wildman–Crippen MR) is 208 cm³/mol. The number of benzene rings is 1. The fourth-order valence-corrected chi connectivity index (χ4v) is 13.8. The van der Waals surface area contributed by atoms with E-state index in [2.05, 4.69) is 71.3 Å². The summed E-state index contributed by atoms with van der Waals surface area (Å²) in [5, 5.41) is 22.0. The molecular formula is C45H66N2O5. The maximum atomic E-state index is 14.5. The van der Waals surface area contributed by atoms with E-state index in [4.69, 9.17) is 5.11 Å². The highest BCUT2D eigenvalue weighted by molar-refractivity contribution is 5.88. The van der Waals surface area contributed by atoms with Gasteiger partial charge in [-0.05, 0) is 159 Å². The number of hydrogen-bond acceptors (Lipinski definition) is 4. The van der Waals surface area contributed by atoms with E-state index in [0.717, 1.165) is 57.3 Å². The second-order valence-corrected chi connectivity index (χ2v) is 19.0. The fourth-order valence-electron chi connectivity index (χ4n) is 13.8. The highest BCUT2D eigenvalue weighted by Gasteiger charge is 2.71. The standard InChI is InChI=1S/C45H66N2O5/c1-9-47(27-10-11-37(48)49)28-26-46-40(52)45-23-18-32(29(2)3)38(45)34-16-17-36-42(6)21-19-33(30-12-14-31(15-13-30)39(50)51)41(4,5)35(42)20-22-44(36,8)43(34,7)24-25-45/h12-15,19,32,34-36,38H,2,9-11,16-18,20-28H2,1,3-8H3,(H,46,52)(H,48,49)(H,50,51). The molecule has 0 radical (unpaired) electrons. The molecule has 1 amide bonds. The highest BCUT2D eigenvalue weighted by atomic mass is 16.4. The van der Waals surface area contributed by atoms with E-state index in [1.165, 1.54) is 36.8 Å². The van der Waals surface area contributed by atoms with Gasteiger partial charge in [0.15, 0.2) is 0 Å². The van der Waals surface area contributed by atoms with Crippen molar-refractivity contribution in [1.82, 2.24) is 10.2 Å². The van der Waals surface area contributed by atoms with E-state index in [1.54, 1.807) is 12.1 Å². The Kier molecular flexibility index (Phi) is 10.5. The summed E-state index contributed by atoms with van der Waals surface area (Å²) in [6.07, 6.45) is 13.1. The van der Waals surface area contributed by atoms with Crippen molar-refractivity contribution in [3.8, 4) is 0 Å². The molecule has 0 aliphatic heterocycles. The van der Waals surface area contributed by atoms with Crippen molar-refractivity contribution in [2.24, 2.45) is 56.7 Å². The lowest BCUT2D eigenvalue weighted by Crippen LogP contribution is -2.66. The first-order chi connectivity index (χ1) is 24.5. The summed E-state index contributed by atoms with van der Waals surface area (Å²) in [6, 6.07) is 7.51. The first kappa shape index (κ1) is 38.8. The van der Waals surface area contributed by atoms with Crippen molar-refractivity contribution in [2.75, 3.05) is 26.2 Å². The molecule has 52 heavy (non-hydrogen) atoms. The monoisotopic (exact) mass is 714 g/mol. The molecule has 1 aromatic rings. The van der Waals surface area contributed by atoms with Gasteiger partial charge in [-0.2, -0.15) is 0 Å². The quantitative estimate of drug-likeness (QED) is 0.186. The highest BCUT2D eigenvalue weighted by Crippen LogP contribution is 2.77. The molecule has 9 unspecified atom stereocenters. The Labute approximate surface area is 313 Å². The Hall–Kier alpha value is -2.93. The van der Waals surface area contributed by atoms with Gasteiger partial charge in [-0.15, -0.1) is 0 Å². The molecule has 0 saturated heterocycles. The number of amides is 1. The molecule has 6 rings (SSSR count). The SMILES string of the molecule is C=C(C)C1CCC2(C(=O)NCCN(CC)CCCC(=O)O)CCC3(C)C(CCC4C5(C)CC=C(c6ccc(C(=O)O)cc6)C(C)(C)C5CCC43C)C12. The number of fused-ring (bicyclic) bond motifs is 7. The van der Waals surface area contributed by atoms with Gasteiger partial charge in [-0.3, -0.25) is 9.59 Å². The van der Waals surface area contributed by atoms with Crippen LogP contribution < -0.4 is 5.32 Å². The summed E-state index contributed by atoms with van der Waals surface area (Å²) in [5.74, 6) is 0.903.